The lowest BCUT2D eigenvalue weighted by Gasteiger charge is -2.29. The van der Waals surface area contributed by atoms with Gasteiger partial charge in [0.1, 0.15) is 6.04 Å². The topological polar surface area (TPSA) is 134 Å². The van der Waals surface area contributed by atoms with Crippen molar-refractivity contribution in [1.82, 2.24) is 20.9 Å². The standard InChI is InChI=1S/C40H55N5O4/c1-6-22-45(23-7-2)40(49)33-21-15-20-32(25-33)38(47)43-35(24-29-16-11-9-12-17-29)34(41)26-31(8-3)37(46)44-36(28(4)5)39(48)42-27-30-18-13-10-14-19-30/h9-21,25,28,31,34-36H,6-8,22-24,26-27,41H2,1-5H3,(H,42,48)(H,43,47)(H,44,46)/t31-,34+,35+,36+/m1/s1. The van der Waals surface area contributed by atoms with Crippen LogP contribution in [0.2, 0.25) is 0 Å². The zero-order valence-electron chi connectivity index (χ0n) is 29.8. The molecule has 4 amide bonds. The summed E-state index contributed by atoms with van der Waals surface area (Å²) in [7, 11) is 0. The van der Waals surface area contributed by atoms with E-state index in [1.165, 1.54) is 0 Å². The highest BCUT2D eigenvalue weighted by Gasteiger charge is 2.31. The molecule has 0 bridgehead atoms. The zero-order chi connectivity index (χ0) is 35.8. The molecule has 3 rings (SSSR count). The molecule has 49 heavy (non-hydrogen) atoms. The lowest BCUT2D eigenvalue weighted by Crippen LogP contribution is -2.53. The Kier molecular flexibility index (Phi) is 16.0. The van der Waals surface area contributed by atoms with Crippen molar-refractivity contribution in [2.24, 2.45) is 17.6 Å². The van der Waals surface area contributed by atoms with Gasteiger partial charge in [-0.3, -0.25) is 19.2 Å². The monoisotopic (exact) mass is 669 g/mol. The second-order valence-corrected chi connectivity index (χ2v) is 13.1. The van der Waals surface area contributed by atoms with Gasteiger partial charge in [-0.15, -0.1) is 0 Å². The summed E-state index contributed by atoms with van der Waals surface area (Å²) in [5, 5.41) is 9.04. The summed E-state index contributed by atoms with van der Waals surface area (Å²) in [5.74, 6) is -1.52. The molecule has 0 saturated carbocycles. The Morgan fingerprint density at radius 2 is 1.33 bits per heavy atom. The van der Waals surface area contributed by atoms with Crippen LogP contribution in [0.1, 0.15) is 92.1 Å². The van der Waals surface area contributed by atoms with E-state index in [9.17, 15) is 19.2 Å². The highest BCUT2D eigenvalue weighted by Crippen LogP contribution is 2.18. The number of amides is 4. The van der Waals surface area contributed by atoms with Crippen LogP contribution in [0.5, 0.6) is 0 Å². The molecule has 4 atom stereocenters. The summed E-state index contributed by atoms with van der Waals surface area (Å²) in [6.45, 7) is 11.5. The van der Waals surface area contributed by atoms with Gasteiger partial charge in [0.2, 0.25) is 11.8 Å². The number of rotatable bonds is 19. The van der Waals surface area contributed by atoms with Crippen molar-refractivity contribution >= 4 is 23.6 Å². The summed E-state index contributed by atoms with van der Waals surface area (Å²) in [4.78, 5) is 55.5. The Morgan fingerprint density at radius 1 is 0.735 bits per heavy atom. The van der Waals surface area contributed by atoms with E-state index in [-0.39, 0.29) is 29.5 Å². The molecule has 0 fully saturated rings. The lowest BCUT2D eigenvalue weighted by atomic mass is 9.89. The van der Waals surface area contributed by atoms with E-state index in [2.05, 4.69) is 16.0 Å². The van der Waals surface area contributed by atoms with E-state index in [1.54, 1.807) is 24.3 Å². The number of hydrogen-bond acceptors (Lipinski definition) is 5. The van der Waals surface area contributed by atoms with Gasteiger partial charge in [0.05, 0.1) is 0 Å². The highest BCUT2D eigenvalue weighted by molar-refractivity contribution is 5.99. The molecule has 0 radical (unpaired) electrons. The fraction of sp³-hybridized carbons (Fsp3) is 0.450. The van der Waals surface area contributed by atoms with Gasteiger partial charge in [0.25, 0.3) is 11.8 Å². The fourth-order valence-electron chi connectivity index (χ4n) is 5.91. The van der Waals surface area contributed by atoms with Crippen LogP contribution >= 0.6 is 0 Å². The Labute approximate surface area is 292 Å². The summed E-state index contributed by atoms with van der Waals surface area (Å²) in [5.41, 5.74) is 9.62. The van der Waals surface area contributed by atoms with Crippen LogP contribution in [0.3, 0.4) is 0 Å². The molecule has 3 aromatic carbocycles. The molecule has 5 N–H and O–H groups in total. The average molecular weight is 670 g/mol. The van der Waals surface area contributed by atoms with E-state index >= 15 is 0 Å². The van der Waals surface area contributed by atoms with Crippen LogP contribution < -0.4 is 21.7 Å². The molecule has 0 aromatic heterocycles. The molecule has 0 saturated heterocycles. The van der Waals surface area contributed by atoms with E-state index in [0.29, 0.717) is 50.0 Å². The average Bonchev–Trinajstić information content (AvgIpc) is 3.11. The molecule has 264 valence electrons. The van der Waals surface area contributed by atoms with Gasteiger partial charge in [0.15, 0.2) is 0 Å². The summed E-state index contributed by atoms with van der Waals surface area (Å²) >= 11 is 0. The largest absolute Gasteiger partial charge is 0.350 e. The predicted molar refractivity (Wildman–Crippen MR) is 196 cm³/mol. The third-order valence-electron chi connectivity index (χ3n) is 8.75. The van der Waals surface area contributed by atoms with Crippen LogP contribution in [0.25, 0.3) is 0 Å². The maximum atomic E-state index is 13.7. The molecular formula is C40H55N5O4. The van der Waals surface area contributed by atoms with Gasteiger partial charge in [-0.2, -0.15) is 0 Å². The maximum absolute atomic E-state index is 13.7. The molecule has 3 aromatic rings. The first-order valence-electron chi connectivity index (χ1n) is 17.7. The van der Waals surface area contributed by atoms with Gasteiger partial charge in [-0.25, -0.2) is 0 Å². The molecule has 9 nitrogen and oxygen atoms in total. The Hall–Kier alpha value is -4.50. The number of nitrogens with one attached hydrogen (secondary N) is 3. The van der Waals surface area contributed by atoms with Crippen molar-refractivity contribution in [1.29, 1.82) is 0 Å². The first-order valence-corrected chi connectivity index (χ1v) is 17.7. The van der Waals surface area contributed by atoms with Crippen LogP contribution in [-0.4, -0.2) is 59.7 Å². The highest BCUT2D eigenvalue weighted by atomic mass is 16.2. The zero-order valence-corrected chi connectivity index (χ0v) is 29.8. The van der Waals surface area contributed by atoms with Crippen LogP contribution in [0.15, 0.2) is 84.9 Å². The number of hydrogen-bond donors (Lipinski definition) is 4. The number of carbonyl (C=O) groups excluding carboxylic acids is 4. The summed E-state index contributed by atoms with van der Waals surface area (Å²) in [6.07, 6.45) is 2.97. The van der Waals surface area contributed by atoms with Crippen LogP contribution in [0.4, 0.5) is 0 Å². The first-order chi connectivity index (χ1) is 23.6. The lowest BCUT2D eigenvalue weighted by molar-refractivity contribution is -0.132. The molecule has 0 aliphatic rings. The predicted octanol–water partition coefficient (Wildman–Crippen LogP) is 5.49. The third-order valence-corrected chi connectivity index (χ3v) is 8.75. The summed E-state index contributed by atoms with van der Waals surface area (Å²) < 4.78 is 0. The second-order valence-electron chi connectivity index (χ2n) is 13.1. The van der Waals surface area contributed by atoms with E-state index < -0.39 is 24.0 Å². The molecule has 9 heteroatoms. The molecule has 0 aliphatic carbocycles. The Balaban J connectivity index is 1.74. The quantitative estimate of drug-likeness (QED) is 0.134. The van der Waals surface area contributed by atoms with Gasteiger partial charge < -0.3 is 26.6 Å². The van der Waals surface area contributed by atoms with Gasteiger partial charge in [0, 0.05) is 48.8 Å². The number of carbonyl (C=O) groups is 4. The minimum absolute atomic E-state index is 0.0962. The van der Waals surface area contributed by atoms with E-state index in [0.717, 1.165) is 24.0 Å². The molecule has 0 heterocycles. The minimum Gasteiger partial charge on any atom is -0.350 e. The maximum Gasteiger partial charge on any atom is 0.253 e. The van der Waals surface area contributed by atoms with Crippen LogP contribution in [0, 0.1) is 11.8 Å². The molecule has 0 spiro atoms. The Morgan fingerprint density at radius 3 is 1.90 bits per heavy atom. The first kappa shape index (κ1) is 38.9. The number of benzene rings is 3. The molecule has 0 unspecified atom stereocenters. The number of nitrogens with zero attached hydrogens (tertiary/aromatic N) is 1. The molecular weight excluding hydrogens is 614 g/mol. The molecule has 0 aliphatic heterocycles. The third kappa shape index (κ3) is 12.2. The van der Waals surface area contributed by atoms with Gasteiger partial charge in [-0.05, 0) is 67.3 Å². The van der Waals surface area contributed by atoms with Crippen molar-refractivity contribution in [3.05, 3.63) is 107 Å². The summed E-state index contributed by atoms with van der Waals surface area (Å²) in [6, 6.07) is 24.4. The van der Waals surface area contributed by atoms with Crippen molar-refractivity contribution in [2.45, 2.75) is 91.4 Å². The van der Waals surface area contributed by atoms with Gasteiger partial charge >= 0.3 is 0 Å². The second kappa shape index (κ2) is 20.1. The SMILES string of the molecule is CCCN(CCC)C(=O)c1cccc(C(=O)N[C@@H](Cc2ccccc2)[C@@H](N)C[C@@H](CC)C(=O)N[C@H](C(=O)NCc2ccccc2)C(C)C)c1. The van der Waals surface area contributed by atoms with Crippen molar-refractivity contribution in [3.8, 4) is 0 Å². The van der Waals surface area contributed by atoms with Crippen molar-refractivity contribution < 1.29 is 19.2 Å². The van der Waals surface area contributed by atoms with Gasteiger partial charge in [-0.1, -0.05) is 101 Å². The van der Waals surface area contributed by atoms with Crippen LogP contribution in [-0.2, 0) is 22.6 Å². The minimum atomic E-state index is -0.707. The Bertz CT molecular complexity index is 1470. The van der Waals surface area contributed by atoms with Crippen molar-refractivity contribution in [2.75, 3.05) is 13.1 Å². The fourth-order valence-corrected chi connectivity index (χ4v) is 5.91. The smallest absolute Gasteiger partial charge is 0.253 e. The van der Waals surface area contributed by atoms with E-state index in [4.69, 9.17) is 5.73 Å². The number of nitrogens with two attached hydrogens (primary N) is 1. The van der Waals surface area contributed by atoms with Crippen molar-refractivity contribution in [3.63, 3.8) is 0 Å². The van der Waals surface area contributed by atoms with E-state index in [1.807, 2.05) is 100 Å². The normalized spacial score (nSPS) is 13.5.